The number of nitro groups is 1. The van der Waals surface area contributed by atoms with Gasteiger partial charge in [0, 0.05) is 30.7 Å². The summed E-state index contributed by atoms with van der Waals surface area (Å²) in [5, 5.41) is 10.3. The maximum atomic E-state index is 13.2. The number of nitrogens with zero attached hydrogens (tertiary/aromatic N) is 3. The lowest BCUT2D eigenvalue weighted by Crippen LogP contribution is -2.71. The molecule has 1 aromatic rings. The van der Waals surface area contributed by atoms with Gasteiger partial charge in [-0.25, -0.2) is 4.79 Å². The number of nitro benzene ring substituents is 1. The van der Waals surface area contributed by atoms with Crippen molar-refractivity contribution >= 4 is 41.1 Å². The van der Waals surface area contributed by atoms with Gasteiger partial charge in [0.05, 0.1) is 4.92 Å². The number of thioether (sulfide) groups is 1. The van der Waals surface area contributed by atoms with E-state index in [9.17, 15) is 29.3 Å². The molecule has 3 aliphatic rings. The first-order valence-corrected chi connectivity index (χ1v) is 12.5. The molecule has 2 atom stereocenters. The van der Waals surface area contributed by atoms with Gasteiger partial charge in [0.1, 0.15) is 23.7 Å². The number of rotatable bonds is 9. The Balaban J connectivity index is 1.55. The Morgan fingerprint density at radius 1 is 1.17 bits per heavy atom. The fourth-order valence-electron chi connectivity index (χ4n) is 4.23. The normalized spacial score (nSPS) is 22.0. The molecule has 184 valence electrons. The monoisotopic (exact) mass is 499 g/mol. The van der Waals surface area contributed by atoms with E-state index in [2.05, 4.69) is 6.92 Å². The van der Waals surface area contributed by atoms with Crippen molar-refractivity contribution in [1.82, 2.24) is 9.80 Å². The molecule has 2 fully saturated rings. The number of non-ortho nitro benzene ring substituents is 1. The number of imide groups is 1. The molecule has 0 bridgehead atoms. The number of hydrogen-bond donors (Lipinski definition) is 0. The highest BCUT2D eigenvalue weighted by atomic mass is 32.2. The van der Waals surface area contributed by atoms with Crippen LogP contribution in [0.4, 0.5) is 5.69 Å². The quantitative estimate of drug-likeness (QED) is 0.127. The van der Waals surface area contributed by atoms with Gasteiger partial charge in [-0.2, -0.15) is 0 Å². The predicted octanol–water partition coefficient (Wildman–Crippen LogP) is 3.07. The SMILES string of the molecule is CCCCC=CC1=C(C(=O)OCc2ccc([N+](=O)[O-])cc2)N2C(=O)C(N3C(=O)CCC3=O)[C@@H]2SC1. The second-order valence-electron chi connectivity index (χ2n) is 8.43. The molecule has 3 heterocycles. The highest BCUT2D eigenvalue weighted by molar-refractivity contribution is 8.00. The summed E-state index contributed by atoms with van der Waals surface area (Å²) in [7, 11) is 0. The van der Waals surface area contributed by atoms with Crippen molar-refractivity contribution < 1.29 is 28.8 Å². The number of hydrogen-bond acceptors (Lipinski definition) is 8. The summed E-state index contributed by atoms with van der Waals surface area (Å²) >= 11 is 1.41. The van der Waals surface area contributed by atoms with E-state index in [1.807, 2.05) is 12.2 Å². The lowest BCUT2D eigenvalue weighted by atomic mass is 10.0. The molecule has 0 spiro atoms. The van der Waals surface area contributed by atoms with Crippen LogP contribution in [0.25, 0.3) is 0 Å². The fourth-order valence-corrected chi connectivity index (χ4v) is 5.59. The number of allylic oxidation sites excluding steroid dienone is 2. The number of fused-ring (bicyclic) bond motifs is 1. The summed E-state index contributed by atoms with van der Waals surface area (Å²) in [5.74, 6) is -1.50. The molecule has 3 amide bonds. The molecule has 4 rings (SSSR count). The van der Waals surface area contributed by atoms with E-state index >= 15 is 0 Å². The highest BCUT2D eigenvalue weighted by Gasteiger charge is 2.59. The summed E-state index contributed by atoms with van der Waals surface area (Å²) in [6.45, 7) is 1.95. The maximum Gasteiger partial charge on any atom is 0.355 e. The van der Waals surface area contributed by atoms with E-state index in [0.717, 1.165) is 24.2 Å². The predicted molar refractivity (Wildman–Crippen MR) is 127 cm³/mol. The minimum Gasteiger partial charge on any atom is -0.456 e. The number of unbranched alkanes of at least 4 members (excludes halogenated alkanes) is 2. The number of ether oxygens (including phenoxy) is 1. The third-order valence-corrected chi connectivity index (χ3v) is 7.38. The number of likely N-dealkylation sites (tertiary alicyclic amines) is 1. The van der Waals surface area contributed by atoms with Crippen LogP contribution in [0.15, 0.2) is 47.7 Å². The number of amides is 3. The van der Waals surface area contributed by atoms with Crippen molar-refractivity contribution in [2.75, 3.05) is 5.75 Å². The molecular formula is C24H25N3O7S. The van der Waals surface area contributed by atoms with Gasteiger partial charge >= 0.3 is 5.97 Å². The van der Waals surface area contributed by atoms with Crippen LogP contribution in [0.2, 0.25) is 0 Å². The van der Waals surface area contributed by atoms with Crippen LogP contribution in [0.5, 0.6) is 0 Å². The molecule has 1 unspecified atom stereocenters. The lowest BCUT2D eigenvalue weighted by molar-refractivity contribution is -0.384. The average Bonchev–Trinajstić information content (AvgIpc) is 3.17. The topological polar surface area (TPSA) is 127 Å². The molecule has 1 aromatic carbocycles. The minimum atomic E-state index is -0.911. The van der Waals surface area contributed by atoms with Crippen molar-refractivity contribution in [3.63, 3.8) is 0 Å². The van der Waals surface area contributed by atoms with Crippen LogP contribution >= 0.6 is 11.8 Å². The molecule has 0 N–H and O–H groups in total. The Hall–Kier alpha value is -3.47. The smallest absolute Gasteiger partial charge is 0.355 e. The molecule has 11 heteroatoms. The first-order valence-electron chi connectivity index (χ1n) is 11.4. The second-order valence-corrected chi connectivity index (χ2v) is 9.54. The van der Waals surface area contributed by atoms with Crippen molar-refractivity contribution in [1.29, 1.82) is 0 Å². The van der Waals surface area contributed by atoms with E-state index in [0.29, 0.717) is 16.9 Å². The number of benzene rings is 1. The van der Waals surface area contributed by atoms with E-state index in [4.69, 9.17) is 4.74 Å². The summed E-state index contributed by atoms with van der Waals surface area (Å²) < 4.78 is 5.48. The third kappa shape index (κ3) is 4.86. The first kappa shape index (κ1) is 24.6. The van der Waals surface area contributed by atoms with E-state index < -0.39 is 28.2 Å². The summed E-state index contributed by atoms with van der Waals surface area (Å²) in [6.07, 6.45) is 6.80. The van der Waals surface area contributed by atoms with Gasteiger partial charge in [-0.1, -0.05) is 31.9 Å². The Bertz CT molecular complexity index is 1110. The van der Waals surface area contributed by atoms with Gasteiger partial charge in [0.2, 0.25) is 11.8 Å². The molecule has 35 heavy (non-hydrogen) atoms. The second kappa shape index (κ2) is 10.4. The Morgan fingerprint density at radius 2 is 1.86 bits per heavy atom. The van der Waals surface area contributed by atoms with Gasteiger partial charge in [0.25, 0.3) is 11.6 Å². The zero-order chi connectivity index (χ0) is 25.1. The Morgan fingerprint density at radius 3 is 2.49 bits per heavy atom. The average molecular weight is 500 g/mol. The molecule has 2 saturated heterocycles. The van der Waals surface area contributed by atoms with Gasteiger partial charge in [-0.15, -0.1) is 11.8 Å². The fraction of sp³-hybridized carbons (Fsp3) is 0.417. The number of esters is 1. The highest BCUT2D eigenvalue weighted by Crippen LogP contribution is 2.44. The van der Waals surface area contributed by atoms with Crippen LogP contribution in [0.1, 0.15) is 44.6 Å². The Labute approximate surface area is 206 Å². The summed E-state index contributed by atoms with van der Waals surface area (Å²) in [4.78, 5) is 63.4. The van der Waals surface area contributed by atoms with Crippen molar-refractivity contribution in [2.24, 2.45) is 0 Å². The number of carbonyl (C=O) groups excluding carboxylic acids is 4. The molecular weight excluding hydrogens is 474 g/mol. The van der Waals surface area contributed by atoms with Crippen LogP contribution in [-0.4, -0.2) is 55.6 Å². The number of carbonyl (C=O) groups is 4. The van der Waals surface area contributed by atoms with Gasteiger partial charge in [-0.05, 0) is 29.7 Å². The van der Waals surface area contributed by atoms with Crippen molar-refractivity contribution in [3.05, 3.63) is 63.4 Å². The molecule has 0 aliphatic carbocycles. The van der Waals surface area contributed by atoms with Gasteiger partial charge < -0.3 is 4.74 Å². The summed E-state index contributed by atoms with van der Waals surface area (Å²) in [5.41, 5.74) is 1.25. The zero-order valence-electron chi connectivity index (χ0n) is 19.2. The molecule has 10 nitrogen and oxygen atoms in total. The van der Waals surface area contributed by atoms with Crippen LogP contribution in [-0.2, 0) is 30.5 Å². The van der Waals surface area contributed by atoms with Gasteiger partial charge in [0.15, 0.2) is 0 Å². The van der Waals surface area contributed by atoms with Gasteiger partial charge in [-0.3, -0.25) is 34.3 Å². The van der Waals surface area contributed by atoms with Crippen LogP contribution in [0.3, 0.4) is 0 Å². The molecule has 0 aromatic heterocycles. The largest absolute Gasteiger partial charge is 0.456 e. The third-order valence-electron chi connectivity index (χ3n) is 6.09. The van der Waals surface area contributed by atoms with E-state index in [1.165, 1.54) is 40.9 Å². The molecule has 3 aliphatic heterocycles. The first-order chi connectivity index (χ1) is 16.8. The lowest BCUT2D eigenvalue weighted by Gasteiger charge is -2.51. The Kier molecular flexibility index (Phi) is 7.34. The van der Waals surface area contributed by atoms with E-state index in [-0.39, 0.29) is 42.6 Å². The maximum absolute atomic E-state index is 13.2. The van der Waals surface area contributed by atoms with Crippen molar-refractivity contribution in [2.45, 2.75) is 57.1 Å². The van der Waals surface area contributed by atoms with Crippen molar-refractivity contribution in [3.8, 4) is 0 Å². The van der Waals surface area contributed by atoms with Crippen LogP contribution < -0.4 is 0 Å². The minimum absolute atomic E-state index is 0.0716. The molecule has 0 saturated carbocycles. The number of β-lactam (4-membered cyclic amide) rings is 1. The van der Waals surface area contributed by atoms with Crippen LogP contribution in [0, 0.1) is 10.1 Å². The summed E-state index contributed by atoms with van der Waals surface area (Å²) in [6, 6.07) is 4.74. The molecule has 0 radical (unpaired) electrons. The van der Waals surface area contributed by atoms with E-state index in [1.54, 1.807) is 0 Å². The zero-order valence-corrected chi connectivity index (χ0v) is 20.0. The standard InChI is InChI=1S/C24H25N3O7S/c1-2-3-4-5-6-16-14-35-23-21(25-18(28)11-12-19(25)29)22(30)26(23)20(16)24(31)34-13-15-7-9-17(10-8-15)27(32)33/h5-10,21,23H,2-4,11-14H2,1H3/t21?,23-/m0/s1.